The van der Waals surface area contributed by atoms with Crippen LogP contribution in [0.2, 0.25) is 0 Å². The summed E-state index contributed by atoms with van der Waals surface area (Å²) in [5.74, 6) is 2.61. The number of nitrogens with one attached hydrogen (secondary N) is 1. The van der Waals surface area contributed by atoms with Crippen molar-refractivity contribution in [2.24, 2.45) is 23.7 Å². The van der Waals surface area contributed by atoms with Crippen LogP contribution < -0.4 is 4.90 Å². The highest BCUT2D eigenvalue weighted by Crippen LogP contribution is 2.36. The minimum atomic E-state index is 0.0534. The first kappa shape index (κ1) is 24.5. The Bertz CT molecular complexity index is 604. The third kappa shape index (κ3) is 5.70. The normalized spacial score (nSPS) is 41.3. The van der Waals surface area contributed by atoms with Crippen molar-refractivity contribution in [1.82, 2.24) is 4.90 Å². The summed E-state index contributed by atoms with van der Waals surface area (Å²) in [5.41, 5.74) is 0. The molecule has 6 atom stereocenters. The Morgan fingerprint density at radius 2 is 1.81 bits per heavy atom. The number of methoxy groups -OCH3 is 1. The molecule has 0 aromatic heterocycles. The van der Waals surface area contributed by atoms with Gasteiger partial charge in [-0.05, 0) is 75.0 Å². The molecule has 5 heteroatoms. The zero-order valence-electron chi connectivity index (χ0n) is 21.2. The summed E-state index contributed by atoms with van der Waals surface area (Å²) < 4.78 is 11.9. The summed E-state index contributed by atoms with van der Waals surface area (Å²) in [6, 6.07) is 0.636. The molecule has 4 rings (SSSR count). The SMILES string of the molecule is COC1CCC(C2C[NH+](CC(=O)O[C@H]3C[C@@H](C)CC[C@@H]3C(C)C)C3CCCCCN23)CC1. The van der Waals surface area contributed by atoms with Crippen molar-refractivity contribution in [1.29, 1.82) is 0 Å². The van der Waals surface area contributed by atoms with E-state index in [-0.39, 0.29) is 12.1 Å². The molecule has 2 heterocycles. The highest BCUT2D eigenvalue weighted by Gasteiger charge is 2.48. The molecule has 2 aliphatic carbocycles. The molecule has 0 aromatic carbocycles. The van der Waals surface area contributed by atoms with Gasteiger partial charge in [0.05, 0.1) is 18.7 Å². The van der Waals surface area contributed by atoms with E-state index in [2.05, 4.69) is 25.7 Å². The van der Waals surface area contributed by atoms with Crippen LogP contribution >= 0.6 is 0 Å². The smallest absolute Gasteiger partial charge is 0.362 e. The largest absolute Gasteiger partial charge is 0.458 e. The van der Waals surface area contributed by atoms with Gasteiger partial charge in [-0.2, -0.15) is 0 Å². The summed E-state index contributed by atoms with van der Waals surface area (Å²) in [6.45, 7) is 9.79. The van der Waals surface area contributed by atoms with Crippen LogP contribution in [0.1, 0.15) is 91.4 Å². The zero-order chi connectivity index (χ0) is 22.7. The number of esters is 1. The molecule has 3 unspecified atom stereocenters. The quantitative estimate of drug-likeness (QED) is 0.629. The summed E-state index contributed by atoms with van der Waals surface area (Å²) in [4.78, 5) is 17.5. The summed E-state index contributed by atoms with van der Waals surface area (Å²) in [6.07, 6.45) is 14.8. The molecular formula is C27H49N2O3+. The number of carbonyl (C=O) groups excluding carboxylic acids is 1. The minimum absolute atomic E-state index is 0.0534. The van der Waals surface area contributed by atoms with Crippen LogP contribution in [0.25, 0.3) is 0 Å². The lowest BCUT2D eigenvalue weighted by atomic mass is 9.75. The lowest BCUT2D eigenvalue weighted by molar-refractivity contribution is -0.912. The average molecular weight is 450 g/mol. The van der Waals surface area contributed by atoms with Gasteiger partial charge in [0.25, 0.3) is 0 Å². The van der Waals surface area contributed by atoms with Crippen molar-refractivity contribution in [2.75, 3.05) is 26.7 Å². The molecule has 0 spiro atoms. The molecule has 2 saturated carbocycles. The number of rotatable bonds is 6. The van der Waals surface area contributed by atoms with Crippen LogP contribution in [0.15, 0.2) is 0 Å². The van der Waals surface area contributed by atoms with Crippen LogP contribution in [0, 0.1) is 23.7 Å². The van der Waals surface area contributed by atoms with Gasteiger partial charge in [0, 0.05) is 20.1 Å². The highest BCUT2D eigenvalue weighted by molar-refractivity contribution is 5.70. The van der Waals surface area contributed by atoms with Gasteiger partial charge < -0.3 is 14.4 Å². The van der Waals surface area contributed by atoms with Crippen molar-refractivity contribution in [3.05, 3.63) is 0 Å². The highest BCUT2D eigenvalue weighted by atomic mass is 16.5. The van der Waals surface area contributed by atoms with Crippen LogP contribution in [0.3, 0.4) is 0 Å². The van der Waals surface area contributed by atoms with E-state index in [9.17, 15) is 4.79 Å². The third-order valence-corrected chi connectivity index (χ3v) is 9.37. The van der Waals surface area contributed by atoms with Crippen LogP contribution in [0.5, 0.6) is 0 Å². The van der Waals surface area contributed by atoms with E-state index in [0.717, 1.165) is 18.9 Å². The molecule has 5 nitrogen and oxygen atoms in total. The van der Waals surface area contributed by atoms with Gasteiger partial charge in [-0.1, -0.05) is 33.6 Å². The molecule has 1 N–H and O–H groups in total. The maximum absolute atomic E-state index is 13.2. The first-order chi connectivity index (χ1) is 15.5. The second-order valence-corrected chi connectivity index (χ2v) is 11.8. The first-order valence-corrected chi connectivity index (χ1v) is 13.8. The Morgan fingerprint density at radius 1 is 1.03 bits per heavy atom. The van der Waals surface area contributed by atoms with Crippen molar-refractivity contribution in [3.8, 4) is 0 Å². The van der Waals surface area contributed by atoms with E-state index in [1.165, 1.54) is 75.7 Å². The molecule has 32 heavy (non-hydrogen) atoms. The van der Waals surface area contributed by atoms with E-state index in [1.807, 2.05) is 7.11 Å². The van der Waals surface area contributed by atoms with E-state index >= 15 is 0 Å². The van der Waals surface area contributed by atoms with E-state index in [4.69, 9.17) is 9.47 Å². The number of quaternary nitrogens is 1. The van der Waals surface area contributed by atoms with Gasteiger partial charge >= 0.3 is 5.97 Å². The number of ether oxygens (including phenoxy) is 2. The van der Waals surface area contributed by atoms with Gasteiger partial charge in [-0.3, -0.25) is 0 Å². The molecule has 4 fully saturated rings. The van der Waals surface area contributed by atoms with Gasteiger partial charge in [0.1, 0.15) is 12.3 Å². The van der Waals surface area contributed by atoms with E-state index in [1.54, 1.807) is 0 Å². The minimum Gasteiger partial charge on any atom is -0.458 e. The van der Waals surface area contributed by atoms with E-state index in [0.29, 0.717) is 42.6 Å². The lowest BCUT2D eigenvalue weighted by Crippen LogP contribution is -3.15. The van der Waals surface area contributed by atoms with Crippen molar-refractivity contribution in [3.63, 3.8) is 0 Å². The van der Waals surface area contributed by atoms with Gasteiger partial charge in [0.2, 0.25) is 0 Å². The summed E-state index contributed by atoms with van der Waals surface area (Å²) in [7, 11) is 1.86. The molecule has 0 aromatic rings. The standard InChI is InChI=1S/C27H48N2O3/c1-19(2)23-14-9-20(3)16-25(23)32-27(30)18-28-17-24(21-10-12-22(31-4)13-11-21)29-15-7-5-6-8-26(28)29/h19-26H,5-18H2,1-4H3/p+1/t20-,21?,22?,23+,24?,25-,26?/m0/s1. The number of hydrogen-bond acceptors (Lipinski definition) is 4. The van der Waals surface area contributed by atoms with E-state index < -0.39 is 0 Å². The van der Waals surface area contributed by atoms with Gasteiger partial charge in [-0.25, -0.2) is 9.69 Å². The van der Waals surface area contributed by atoms with Crippen molar-refractivity contribution in [2.45, 2.75) is 116 Å². The fourth-order valence-corrected chi connectivity index (χ4v) is 7.47. The molecule has 0 radical (unpaired) electrons. The molecular weight excluding hydrogens is 400 g/mol. The predicted octanol–water partition coefficient (Wildman–Crippen LogP) is 3.66. The molecule has 2 saturated heterocycles. The maximum Gasteiger partial charge on any atom is 0.362 e. The Kier molecular flexibility index (Phi) is 8.55. The molecule has 0 amide bonds. The number of hydrogen-bond donors (Lipinski definition) is 1. The molecule has 4 aliphatic rings. The van der Waals surface area contributed by atoms with Gasteiger partial charge in [-0.15, -0.1) is 0 Å². The average Bonchev–Trinajstić information content (AvgIpc) is 2.94. The summed E-state index contributed by atoms with van der Waals surface area (Å²) >= 11 is 0. The monoisotopic (exact) mass is 449 g/mol. The van der Waals surface area contributed by atoms with Crippen molar-refractivity contribution >= 4 is 5.97 Å². The van der Waals surface area contributed by atoms with Crippen LogP contribution in [-0.2, 0) is 14.3 Å². The Morgan fingerprint density at radius 3 is 2.53 bits per heavy atom. The lowest BCUT2D eigenvalue weighted by Gasteiger charge is -2.36. The van der Waals surface area contributed by atoms with Crippen molar-refractivity contribution < 1.29 is 19.2 Å². The maximum atomic E-state index is 13.2. The predicted molar refractivity (Wildman–Crippen MR) is 127 cm³/mol. The first-order valence-electron chi connectivity index (χ1n) is 13.8. The Labute approximate surface area is 196 Å². The second kappa shape index (κ2) is 11.2. The molecule has 0 bridgehead atoms. The topological polar surface area (TPSA) is 43.2 Å². The number of fused-ring (bicyclic) bond motifs is 1. The Hall–Kier alpha value is -0.650. The van der Waals surface area contributed by atoms with Gasteiger partial charge in [0.15, 0.2) is 6.54 Å². The fourth-order valence-electron chi connectivity index (χ4n) is 7.47. The zero-order valence-corrected chi connectivity index (χ0v) is 21.2. The number of carbonyl (C=O) groups is 1. The second-order valence-electron chi connectivity index (χ2n) is 11.8. The number of nitrogens with zero attached hydrogens (tertiary/aromatic N) is 1. The third-order valence-electron chi connectivity index (χ3n) is 9.37. The molecule has 2 aliphatic heterocycles. The van der Waals surface area contributed by atoms with Crippen LogP contribution in [0.4, 0.5) is 0 Å². The van der Waals surface area contributed by atoms with Crippen LogP contribution in [-0.4, -0.2) is 62.0 Å². The fraction of sp³-hybridized carbons (Fsp3) is 0.963. The molecule has 184 valence electrons. The summed E-state index contributed by atoms with van der Waals surface area (Å²) in [5, 5.41) is 0. The Balaban J connectivity index is 1.39.